The van der Waals surface area contributed by atoms with Gasteiger partial charge in [0.2, 0.25) is 0 Å². The summed E-state index contributed by atoms with van der Waals surface area (Å²) in [5.74, 6) is 2.00. The molecular formula is C13H15BrN2O2. The number of carbonyl (C=O) groups excluding carboxylic acids is 1. The smallest absolute Gasteiger partial charge is 0.251 e. The van der Waals surface area contributed by atoms with Gasteiger partial charge in [0.05, 0.1) is 11.6 Å². The minimum atomic E-state index is -0.00208. The maximum atomic E-state index is 12.1. The van der Waals surface area contributed by atoms with E-state index in [2.05, 4.69) is 26.6 Å². The summed E-state index contributed by atoms with van der Waals surface area (Å²) >= 11 is 3.39. The molecule has 1 aliphatic heterocycles. The summed E-state index contributed by atoms with van der Waals surface area (Å²) in [5.41, 5.74) is 0.667. The molecule has 2 N–H and O–H groups in total. The molecule has 1 saturated carbocycles. The molecule has 0 aromatic heterocycles. The number of fused-ring (bicyclic) bond motifs is 1. The molecule has 5 heteroatoms. The van der Waals surface area contributed by atoms with E-state index in [9.17, 15) is 4.79 Å². The first-order chi connectivity index (χ1) is 8.70. The van der Waals surface area contributed by atoms with Crippen LogP contribution in [0.5, 0.6) is 5.75 Å². The summed E-state index contributed by atoms with van der Waals surface area (Å²) in [7, 11) is 1.61. The Bertz CT molecular complexity index is 482. The highest BCUT2D eigenvalue weighted by Gasteiger charge is 2.53. The van der Waals surface area contributed by atoms with Crippen LogP contribution in [0.2, 0.25) is 0 Å². The van der Waals surface area contributed by atoms with Crippen molar-refractivity contribution in [2.24, 2.45) is 11.8 Å². The lowest BCUT2D eigenvalue weighted by molar-refractivity contribution is 0.0946. The van der Waals surface area contributed by atoms with E-state index in [0.717, 1.165) is 23.3 Å². The third kappa shape index (κ3) is 2.01. The first-order valence-electron chi connectivity index (χ1n) is 6.06. The van der Waals surface area contributed by atoms with Gasteiger partial charge in [-0.05, 0) is 46.0 Å². The molecule has 2 unspecified atom stereocenters. The number of ether oxygens (including phenoxy) is 1. The second-order valence-electron chi connectivity index (χ2n) is 4.83. The number of hydrogen-bond acceptors (Lipinski definition) is 3. The maximum absolute atomic E-state index is 12.1. The molecule has 1 heterocycles. The molecule has 96 valence electrons. The molecule has 0 radical (unpaired) electrons. The van der Waals surface area contributed by atoms with Crippen LogP contribution >= 0.6 is 15.9 Å². The van der Waals surface area contributed by atoms with Gasteiger partial charge in [-0.1, -0.05) is 0 Å². The van der Waals surface area contributed by atoms with E-state index in [4.69, 9.17) is 4.74 Å². The Labute approximate surface area is 114 Å². The maximum Gasteiger partial charge on any atom is 0.251 e. The fourth-order valence-electron chi connectivity index (χ4n) is 2.67. The molecular weight excluding hydrogens is 296 g/mol. The third-order valence-corrected chi connectivity index (χ3v) is 4.42. The topological polar surface area (TPSA) is 50.4 Å². The van der Waals surface area contributed by atoms with Crippen molar-refractivity contribution in [2.75, 3.05) is 20.2 Å². The number of methoxy groups -OCH3 is 1. The predicted octanol–water partition coefficient (Wildman–Crippen LogP) is 1.41. The van der Waals surface area contributed by atoms with Gasteiger partial charge in [-0.25, -0.2) is 0 Å². The van der Waals surface area contributed by atoms with Crippen molar-refractivity contribution in [3.8, 4) is 5.75 Å². The first-order valence-corrected chi connectivity index (χ1v) is 6.85. The molecule has 1 aromatic rings. The number of amides is 1. The zero-order valence-electron chi connectivity index (χ0n) is 10.1. The van der Waals surface area contributed by atoms with Gasteiger partial charge in [0, 0.05) is 24.7 Å². The minimum Gasteiger partial charge on any atom is -0.496 e. The van der Waals surface area contributed by atoms with Crippen molar-refractivity contribution in [3.05, 3.63) is 28.2 Å². The summed E-state index contributed by atoms with van der Waals surface area (Å²) in [4.78, 5) is 12.1. The largest absolute Gasteiger partial charge is 0.496 e. The second-order valence-corrected chi connectivity index (χ2v) is 5.69. The van der Waals surface area contributed by atoms with Gasteiger partial charge in [-0.3, -0.25) is 4.79 Å². The Balaban J connectivity index is 1.67. The van der Waals surface area contributed by atoms with Gasteiger partial charge >= 0.3 is 0 Å². The molecule has 2 aliphatic rings. The zero-order chi connectivity index (χ0) is 12.7. The van der Waals surface area contributed by atoms with E-state index in [1.54, 1.807) is 25.3 Å². The fourth-order valence-corrected chi connectivity index (χ4v) is 3.22. The molecule has 18 heavy (non-hydrogen) atoms. The molecule has 1 saturated heterocycles. The summed E-state index contributed by atoms with van der Waals surface area (Å²) < 4.78 is 5.95. The van der Waals surface area contributed by atoms with Crippen LogP contribution in [0.3, 0.4) is 0 Å². The van der Waals surface area contributed by atoms with E-state index in [1.807, 2.05) is 0 Å². The third-order valence-electron chi connectivity index (χ3n) is 3.80. The number of rotatable bonds is 3. The number of piperidine rings is 1. The number of halogens is 1. The van der Waals surface area contributed by atoms with Gasteiger partial charge < -0.3 is 15.4 Å². The van der Waals surface area contributed by atoms with Crippen LogP contribution in [0.15, 0.2) is 22.7 Å². The van der Waals surface area contributed by atoms with Gasteiger partial charge in [0.25, 0.3) is 5.91 Å². The van der Waals surface area contributed by atoms with Gasteiger partial charge in [0.1, 0.15) is 5.75 Å². The van der Waals surface area contributed by atoms with Gasteiger partial charge in [0.15, 0.2) is 0 Å². The minimum absolute atomic E-state index is 0.00208. The highest BCUT2D eigenvalue weighted by Crippen LogP contribution is 2.41. The van der Waals surface area contributed by atoms with Crippen molar-refractivity contribution in [1.82, 2.24) is 10.6 Å². The van der Waals surface area contributed by atoms with Crippen LogP contribution in [0, 0.1) is 11.8 Å². The molecule has 0 bridgehead atoms. The summed E-state index contributed by atoms with van der Waals surface area (Å²) in [6.45, 7) is 2.06. The molecule has 2 fully saturated rings. The average molecular weight is 311 g/mol. The number of hydrogen-bond donors (Lipinski definition) is 2. The Hall–Kier alpha value is -1.07. The number of carbonyl (C=O) groups is 1. The molecule has 1 amide bonds. The first kappa shape index (κ1) is 12.0. The monoisotopic (exact) mass is 310 g/mol. The SMILES string of the molecule is COc1ccc(C(=O)NC2C3CNCC32)cc1Br. The van der Waals surface area contributed by atoms with E-state index in [-0.39, 0.29) is 5.91 Å². The van der Waals surface area contributed by atoms with Crippen molar-refractivity contribution >= 4 is 21.8 Å². The quantitative estimate of drug-likeness (QED) is 0.887. The van der Waals surface area contributed by atoms with E-state index >= 15 is 0 Å². The second kappa shape index (κ2) is 4.55. The Morgan fingerprint density at radius 2 is 2.17 bits per heavy atom. The summed E-state index contributed by atoms with van der Waals surface area (Å²) in [6.07, 6.45) is 0. The average Bonchev–Trinajstić information content (AvgIpc) is 2.82. The molecule has 4 nitrogen and oxygen atoms in total. The lowest BCUT2D eigenvalue weighted by Gasteiger charge is -2.09. The Morgan fingerprint density at radius 3 is 2.78 bits per heavy atom. The predicted molar refractivity (Wildman–Crippen MR) is 71.8 cm³/mol. The van der Waals surface area contributed by atoms with Crippen LogP contribution in [0.4, 0.5) is 0 Å². The lowest BCUT2D eigenvalue weighted by atomic mass is 10.2. The molecule has 3 rings (SSSR count). The Kier molecular flexibility index (Phi) is 3.03. The zero-order valence-corrected chi connectivity index (χ0v) is 11.7. The van der Waals surface area contributed by atoms with Crippen molar-refractivity contribution in [2.45, 2.75) is 6.04 Å². The molecule has 0 spiro atoms. The van der Waals surface area contributed by atoms with Crippen LogP contribution in [-0.4, -0.2) is 32.1 Å². The van der Waals surface area contributed by atoms with E-state index < -0.39 is 0 Å². The molecule has 1 aromatic carbocycles. The van der Waals surface area contributed by atoms with Crippen LogP contribution in [0.1, 0.15) is 10.4 Å². The van der Waals surface area contributed by atoms with Gasteiger partial charge in [-0.2, -0.15) is 0 Å². The summed E-state index contributed by atoms with van der Waals surface area (Å²) in [5, 5.41) is 6.41. The highest BCUT2D eigenvalue weighted by molar-refractivity contribution is 9.10. The van der Waals surface area contributed by atoms with Crippen LogP contribution in [-0.2, 0) is 0 Å². The van der Waals surface area contributed by atoms with Crippen molar-refractivity contribution in [3.63, 3.8) is 0 Å². The summed E-state index contributed by atoms with van der Waals surface area (Å²) in [6, 6.07) is 5.74. The molecule has 1 aliphatic carbocycles. The van der Waals surface area contributed by atoms with Gasteiger partial charge in [-0.15, -0.1) is 0 Å². The fraction of sp³-hybridized carbons (Fsp3) is 0.462. The standard InChI is InChI=1S/C13H15BrN2O2/c1-18-11-3-2-7(4-10(11)14)13(17)16-12-8-5-15-6-9(8)12/h2-4,8-9,12,15H,5-6H2,1H3,(H,16,17). The highest BCUT2D eigenvalue weighted by atomic mass is 79.9. The van der Waals surface area contributed by atoms with Crippen molar-refractivity contribution in [1.29, 1.82) is 0 Å². The van der Waals surface area contributed by atoms with Crippen LogP contribution in [0.25, 0.3) is 0 Å². The molecule has 2 atom stereocenters. The number of nitrogens with one attached hydrogen (secondary N) is 2. The normalized spacial score (nSPS) is 28.7. The Morgan fingerprint density at radius 1 is 1.44 bits per heavy atom. The van der Waals surface area contributed by atoms with E-state index in [1.165, 1.54) is 0 Å². The van der Waals surface area contributed by atoms with Crippen molar-refractivity contribution < 1.29 is 9.53 Å². The lowest BCUT2D eigenvalue weighted by Crippen LogP contribution is -2.32. The van der Waals surface area contributed by atoms with E-state index in [0.29, 0.717) is 23.4 Å². The van der Waals surface area contributed by atoms with Crippen LogP contribution < -0.4 is 15.4 Å². The number of benzene rings is 1.